The van der Waals surface area contributed by atoms with Gasteiger partial charge in [-0.1, -0.05) is 48.5 Å². The number of anilines is 1. The molecule has 0 saturated heterocycles. The summed E-state index contributed by atoms with van der Waals surface area (Å²) in [5.74, 6) is 0.0379. The number of ketones is 1. The molecule has 30 heavy (non-hydrogen) atoms. The zero-order valence-corrected chi connectivity index (χ0v) is 16.6. The van der Waals surface area contributed by atoms with Crippen LogP contribution in [0.5, 0.6) is 0 Å². The largest absolute Gasteiger partial charge is 0.294 e. The van der Waals surface area contributed by atoms with E-state index in [0.717, 1.165) is 28.1 Å². The zero-order chi connectivity index (χ0) is 20.5. The molecule has 0 radical (unpaired) electrons. The summed E-state index contributed by atoms with van der Waals surface area (Å²) in [5.41, 5.74) is 4.58. The normalized spacial score (nSPS) is 21.5. The number of amides is 1. The minimum atomic E-state index is -0.209. The number of nitrogens with zero attached hydrogens (tertiary/aromatic N) is 2. The molecule has 1 amide bonds. The lowest BCUT2D eigenvalue weighted by atomic mass is 9.73. The Labute approximate surface area is 175 Å². The second kappa shape index (κ2) is 7.71. The third kappa shape index (κ3) is 3.24. The molecule has 2 aromatic carbocycles. The molecule has 5 rings (SSSR count). The minimum absolute atomic E-state index is 0.0308. The number of carbonyl (C=O) groups is 2. The predicted molar refractivity (Wildman–Crippen MR) is 116 cm³/mol. The van der Waals surface area contributed by atoms with Crippen LogP contribution in [-0.2, 0) is 9.59 Å². The summed E-state index contributed by atoms with van der Waals surface area (Å²) in [6.07, 6.45) is 4.89. The molecule has 2 heterocycles. The number of aromatic nitrogens is 1. The van der Waals surface area contributed by atoms with E-state index in [9.17, 15) is 9.59 Å². The Hall–Kier alpha value is -3.53. The van der Waals surface area contributed by atoms with Gasteiger partial charge in [0.05, 0.1) is 0 Å². The van der Waals surface area contributed by atoms with Crippen molar-refractivity contribution >= 4 is 17.4 Å². The van der Waals surface area contributed by atoms with Crippen LogP contribution < -0.4 is 4.90 Å². The van der Waals surface area contributed by atoms with E-state index in [1.54, 1.807) is 17.3 Å². The average molecular weight is 394 g/mol. The second-order valence-corrected chi connectivity index (χ2v) is 7.90. The molecular weight excluding hydrogens is 372 g/mol. The Morgan fingerprint density at radius 2 is 1.40 bits per heavy atom. The maximum Gasteiger partial charge on any atom is 0.232 e. The number of carbonyl (C=O) groups excluding carboxylic acids is 2. The van der Waals surface area contributed by atoms with Gasteiger partial charge in [0, 0.05) is 48.1 Å². The molecule has 2 aliphatic rings. The van der Waals surface area contributed by atoms with Crippen LogP contribution in [0.4, 0.5) is 5.69 Å². The summed E-state index contributed by atoms with van der Waals surface area (Å²) in [6.45, 7) is 0. The molecule has 4 nitrogen and oxygen atoms in total. The highest BCUT2D eigenvalue weighted by molar-refractivity contribution is 6.07. The van der Waals surface area contributed by atoms with E-state index in [-0.39, 0.29) is 23.5 Å². The quantitative estimate of drug-likeness (QED) is 0.628. The van der Waals surface area contributed by atoms with Gasteiger partial charge in [0.15, 0.2) is 5.78 Å². The summed E-state index contributed by atoms with van der Waals surface area (Å²) in [7, 11) is 0. The van der Waals surface area contributed by atoms with Gasteiger partial charge in [-0.2, -0.15) is 0 Å². The highest BCUT2D eigenvalue weighted by Gasteiger charge is 2.42. The van der Waals surface area contributed by atoms with Crippen molar-refractivity contribution in [3.63, 3.8) is 0 Å². The van der Waals surface area contributed by atoms with Crippen molar-refractivity contribution in [2.75, 3.05) is 4.90 Å². The molecule has 148 valence electrons. The van der Waals surface area contributed by atoms with Crippen molar-refractivity contribution in [3.05, 3.63) is 108 Å². The lowest BCUT2D eigenvalue weighted by molar-refractivity contribution is -0.120. The lowest BCUT2D eigenvalue weighted by Gasteiger charge is -2.40. The molecule has 1 aliphatic carbocycles. The number of hydrogen-bond acceptors (Lipinski definition) is 3. The predicted octanol–water partition coefficient (Wildman–Crippen LogP) is 5.00. The molecule has 2 unspecified atom stereocenters. The molecule has 0 N–H and O–H groups in total. The number of hydrogen-bond donors (Lipinski definition) is 0. The zero-order valence-electron chi connectivity index (χ0n) is 16.6. The Morgan fingerprint density at radius 3 is 2.10 bits per heavy atom. The van der Waals surface area contributed by atoms with Gasteiger partial charge in [-0.15, -0.1) is 0 Å². The number of Topliss-reactive ketones (excluding diaryl/α,β-unsaturated/α-hetero) is 1. The molecular formula is C26H22N2O2. The first kappa shape index (κ1) is 18.5. The van der Waals surface area contributed by atoms with E-state index in [1.807, 2.05) is 60.7 Å². The third-order valence-corrected chi connectivity index (χ3v) is 6.12. The van der Waals surface area contributed by atoms with Gasteiger partial charge in [-0.3, -0.25) is 19.5 Å². The molecule has 1 aromatic heterocycles. The molecule has 1 aliphatic heterocycles. The van der Waals surface area contributed by atoms with Gasteiger partial charge in [0.25, 0.3) is 0 Å². The molecule has 3 aromatic rings. The Morgan fingerprint density at radius 1 is 0.733 bits per heavy atom. The first-order valence-electron chi connectivity index (χ1n) is 10.3. The monoisotopic (exact) mass is 394 g/mol. The van der Waals surface area contributed by atoms with Crippen molar-refractivity contribution in [3.8, 4) is 0 Å². The van der Waals surface area contributed by atoms with E-state index in [0.29, 0.717) is 19.3 Å². The van der Waals surface area contributed by atoms with Crippen LogP contribution in [0.15, 0.2) is 96.5 Å². The summed E-state index contributed by atoms with van der Waals surface area (Å²) in [6, 6.07) is 23.6. The first-order valence-corrected chi connectivity index (χ1v) is 10.3. The third-order valence-electron chi connectivity index (χ3n) is 6.12. The molecule has 4 heteroatoms. The van der Waals surface area contributed by atoms with Crippen LogP contribution in [0.2, 0.25) is 0 Å². The summed E-state index contributed by atoms with van der Waals surface area (Å²) in [4.78, 5) is 32.7. The second-order valence-electron chi connectivity index (χ2n) is 7.90. The van der Waals surface area contributed by atoms with E-state index in [2.05, 4.69) is 17.1 Å². The van der Waals surface area contributed by atoms with E-state index < -0.39 is 0 Å². The number of rotatable bonds is 3. The SMILES string of the molecule is O=C1CC(c2ccccc2)CC2=C1C(c1ccncc1)CC(=O)N2c1ccccc1. The highest BCUT2D eigenvalue weighted by atomic mass is 16.2. The maximum absolute atomic E-state index is 13.5. The first-order chi connectivity index (χ1) is 14.7. The van der Waals surface area contributed by atoms with Crippen LogP contribution in [-0.4, -0.2) is 16.7 Å². The summed E-state index contributed by atoms with van der Waals surface area (Å²) in [5, 5.41) is 0. The molecule has 0 bridgehead atoms. The highest BCUT2D eigenvalue weighted by Crippen LogP contribution is 2.46. The van der Waals surface area contributed by atoms with Gasteiger partial charge >= 0.3 is 0 Å². The Bertz CT molecular complexity index is 1110. The molecule has 0 spiro atoms. The van der Waals surface area contributed by atoms with Gasteiger partial charge in [0.2, 0.25) is 5.91 Å². The van der Waals surface area contributed by atoms with Crippen molar-refractivity contribution in [1.29, 1.82) is 0 Å². The fourth-order valence-corrected chi connectivity index (χ4v) is 4.75. The van der Waals surface area contributed by atoms with Crippen molar-refractivity contribution < 1.29 is 9.59 Å². The van der Waals surface area contributed by atoms with E-state index in [4.69, 9.17) is 0 Å². The number of allylic oxidation sites excluding steroid dienone is 2. The molecule has 0 fully saturated rings. The summed E-state index contributed by atoms with van der Waals surface area (Å²) >= 11 is 0. The fraction of sp³-hybridized carbons (Fsp3) is 0.192. The van der Waals surface area contributed by atoms with Gasteiger partial charge in [-0.05, 0) is 47.7 Å². The Balaban J connectivity index is 1.65. The topological polar surface area (TPSA) is 50.3 Å². The van der Waals surface area contributed by atoms with Crippen molar-refractivity contribution in [2.24, 2.45) is 0 Å². The van der Waals surface area contributed by atoms with Crippen LogP contribution in [0, 0.1) is 0 Å². The van der Waals surface area contributed by atoms with E-state index >= 15 is 0 Å². The van der Waals surface area contributed by atoms with Crippen LogP contribution in [0.25, 0.3) is 0 Å². The lowest BCUT2D eigenvalue weighted by Crippen LogP contribution is -2.41. The van der Waals surface area contributed by atoms with Crippen molar-refractivity contribution in [1.82, 2.24) is 4.98 Å². The number of pyridine rings is 1. The van der Waals surface area contributed by atoms with Crippen LogP contribution in [0.1, 0.15) is 42.2 Å². The minimum Gasteiger partial charge on any atom is -0.294 e. The Kier molecular flexibility index (Phi) is 4.75. The van der Waals surface area contributed by atoms with Gasteiger partial charge in [0.1, 0.15) is 0 Å². The smallest absolute Gasteiger partial charge is 0.232 e. The van der Waals surface area contributed by atoms with Crippen molar-refractivity contribution in [2.45, 2.75) is 31.1 Å². The average Bonchev–Trinajstić information content (AvgIpc) is 2.80. The van der Waals surface area contributed by atoms with E-state index in [1.165, 1.54) is 0 Å². The number of para-hydroxylation sites is 1. The fourth-order valence-electron chi connectivity index (χ4n) is 4.75. The standard InChI is InChI=1S/C26H22N2O2/c29-24-16-20(18-7-3-1-4-8-18)15-23-26(24)22(19-11-13-27-14-12-19)17-25(30)28(23)21-9-5-2-6-10-21/h1-14,20,22H,15-17H2. The number of benzene rings is 2. The maximum atomic E-state index is 13.5. The van der Waals surface area contributed by atoms with Crippen LogP contribution >= 0.6 is 0 Å². The van der Waals surface area contributed by atoms with Gasteiger partial charge in [-0.25, -0.2) is 0 Å². The summed E-state index contributed by atoms with van der Waals surface area (Å²) < 4.78 is 0. The van der Waals surface area contributed by atoms with Crippen LogP contribution in [0.3, 0.4) is 0 Å². The molecule has 2 atom stereocenters. The van der Waals surface area contributed by atoms with Gasteiger partial charge < -0.3 is 0 Å². The molecule has 0 saturated carbocycles.